The number of aliphatic hydroxyl groups is 6. The van der Waals surface area contributed by atoms with Gasteiger partial charge in [-0.25, -0.2) is 0 Å². The summed E-state index contributed by atoms with van der Waals surface area (Å²) in [6.07, 6.45) is 47.0. The molecule has 1 amide bonds. The highest BCUT2D eigenvalue weighted by molar-refractivity contribution is 5.80. The van der Waals surface area contributed by atoms with E-state index in [1.54, 1.807) is 6.08 Å². The molecule has 10 heteroatoms. The van der Waals surface area contributed by atoms with Crippen molar-refractivity contribution in [2.75, 3.05) is 13.2 Å². The van der Waals surface area contributed by atoms with Crippen LogP contribution in [-0.4, -0.2) is 98.7 Å². The predicted molar refractivity (Wildman–Crippen MR) is 269 cm³/mol. The molecule has 10 nitrogen and oxygen atoms in total. The van der Waals surface area contributed by atoms with Gasteiger partial charge in [0.25, 0.3) is 0 Å². The zero-order valence-electron chi connectivity index (χ0n) is 41.9. The van der Waals surface area contributed by atoms with Gasteiger partial charge in [0.15, 0.2) is 6.29 Å². The number of carbonyl (C=O) groups excluding carboxylic acids is 1. The molecule has 0 aliphatic carbocycles. The van der Waals surface area contributed by atoms with Gasteiger partial charge in [-0.15, -0.1) is 0 Å². The summed E-state index contributed by atoms with van der Waals surface area (Å²) < 4.78 is 11.1. The Balaban J connectivity index is 2.19. The van der Waals surface area contributed by atoms with E-state index in [4.69, 9.17) is 9.47 Å². The molecule has 1 heterocycles. The van der Waals surface area contributed by atoms with Crippen molar-refractivity contribution in [1.82, 2.24) is 5.32 Å². The summed E-state index contributed by atoms with van der Waals surface area (Å²) in [7, 11) is 0. The number of rotatable bonds is 46. The van der Waals surface area contributed by atoms with Crippen LogP contribution in [0.5, 0.6) is 0 Å². The molecule has 1 aliphatic rings. The summed E-state index contributed by atoms with van der Waals surface area (Å²) >= 11 is 0. The Bertz CT molecular complexity index is 1130. The van der Waals surface area contributed by atoms with Gasteiger partial charge in [0, 0.05) is 0 Å². The maximum atomic E-state index is 13.1. The molecule has 0 bridgehead atoms. The van der Waals surface area contributed by atoms with Gasteiger partial charge >= 0.3 is 0 Å². The highest BCUT2D eigenvalue weighted by atomic mass is 16.7. The number of hydrogen-bond acceptors (Lipinski definition) is 9. The third-order valence-corrected chi connectivity index (χ3v) is 13.0. The second-order valence-electron chi connectivity index (χ2n) is 19.2. The molecule has 0 saturated carbocycles. The Morgan fingerprint density at radius 1 is 0.523 bits per heavy atom. The lowest BCUT2D eigenvalue weighted by molar-refractivity contribution is -0.302. The molecule has 0 radical (unpaired) electrons. The fraction of sp³-hybridized carbons (Fsp3) is 0.873. The second kappa shape index (κ2) is 44.9. The van der Waals surface area contributed by atoms with E-state index in [1.165, 1.54) is 180 Å². The normalized spacial score (nSPS) is 20.6. The van der Waals surface area contributed by atoms with Crippen LogP contribution in [0.1, 0.15) is 245 Å². The maximum Gasteiger partial charge on any atom is 0.249 e. The molecule has 65 heavy (non-hydrogen) atoms. The molecule has 1 saturated heterocycles. The van der Waals surface area contributed by atoms with Gasteiger partial charge in [0.2, 0.25) is 5.91 Å². The third kappa shape index (κ3) is 34.3. The minimum absolute atomic E-state index is 0.304. The highest BCUT2D eigenvalue weighted by Crippen LogP contribution is 2.23. The lowest BCUT2D eigenvalue weighted by atomic mass is 9.99. The molecule has 1 fully saturated rings. The Morgan fingerprint density at radius 2 is 0.908 bits per heavy atom. The lowest BCUT2D eigenvalue weighted by Gasteiger charge is -2.40. The van der Waals surface area contributed by atoms with Gasteiger partial charge in [0.05, 0.1) is 25.4 Å². The largest absolute Gasteiger partial charge is 0.394 e. The molecule has 1 rings (SSSR count). The smallest absolute Gasteiger partial charge is 0.249 e. The molecule has 0 aromatic heterocycles. The van der Waals surface area contributed by atoms with Gasteiger partial charge in [-0.3, -0.25) is 4.79 Å². The van der Waals surface area contributed by atoms with Gasteiger partial charge in [0.1, 0.15) is 30.5 Å². The van der Waals surface area contributed by atoms with Crippen molar-refractivity contribution in [3.8, 4) is 0 Å². The summed E-state index contributed by atoms with van der Waals surface area (Å²) in [5.74, 6) is -0.626. The van der Waals surface area contributed by atoms with Crippen molar-refractivity contribution in [3.05, 3.63) is 36.5 Å². The van der Waals surface area contributed by atoms with Crippen LogP contribution in [0.3, 0.4) is 0 Å². The van der Waals surface area contributed by atoms with E-state index >= 15 is 0 Å². The van der Waals surface area contributed by atoms with Crippen molar-refractivity contribution < 1.29 is 44.9 Å². The average Bonchev–Trinajstić information content (AvgIpc) is 3.31. The standard InChI is InChI=1S/C55H103NO9/c1-3-5-7-9-11-13-15-16-17-18-19-20-21-22-23-24-25-26-27-28-29-30-31-32-34-36-38-40-42-44-49(59)54(63)56-47(46-64-55-53(62)52(61)51(60)50(45-57)65-55)48(58)43-41-39-37-35-33-14-12-10-8-6-4-2/h22-23,33,35,41,43,47-53,55,57-62H,3-21,24-32,34,36-40,42,44-46H2,1-2H3,(H,56,63)/b23-22-,35-33+,43-41+. The molecular formula is C55H103NO9. The highest BCUT2D eigenvalue weighted by Gasteiger charge is 2.44. The van der Waals surface area contributed by atoms with Crippen LogP contribution >= 0.6 is 0 Å². The first-order valence-electron chi connectivity index (χ1n) is 27.3. The zero-order valence-corrected chi connectivity index (χ0v) is 41.9. The quantitative estimate of drug-likeness (QED) is 0.0232. The summed E-state index contributed by atoms with van der Waals surface area (Å²) in [5.41, 5.74) is 0. The van der Waals surface area contributed by atoms with Crippen molar-refractivity contribution in [2.24, 2.45) is 0 Å². The first-order valence-corrected chi connectivity index (χ1v) is 27.3. The minimum Gasteiger partial charge on any atom is -0.394 e. The van der Waals surface area contributed by atoms with E-state index in [9.17, 15) is 35.4 Å². The molecule has 0 spiro atoms. The first kappa shape index (κ1) is 61.4. The number of allylic oxidation sites excluding steroid dienone is 5. The van der Waals surface area contributed by atoms with Crippen LogP contribution in [0, 0.1) is 0 Å². The molecule has 8 unspecified atom stereocenters. The summed E-state index contributed by atoms with van der Waals surface area (Å²) in [6.45, 7) is 3.58. The second-order valence-corrected chi connectivity index (χ2v) is 19.2. The monoisotopic (exact) mass is 922 g/mol. The summed E-state index contributed by atoms with van der Waals surface area (Å²) in [4.78, 5) is 13.1. The molecule has 1 aliphatic heterocycles. The number of ether oxygens (including phenoxy) is 2. The molecule has 0 aromatic rings. The van der Waals surface area contributed by atoms with Crippen LogP contribution in [0.15, 0.2) is 36.5 Å². The Hall–Kier alpha value is -1.63. The van der Waals surface area contributed by atoms with Crippen LogP contribution in [0.4, 0.5) is 0 Å². The zero-order chi connectivity index (χ0) is 47.4. The average molecular weight is 922 g/mol. The lowest BCUT2D eigenvalue weighted by Crippen LogP contribution is -2.60. The number of carbonyl (C=O) groups is 1. The molecule has 0 aromatic carbocycles. The number of hydrogen-bond donors (Lipinski definition) is 7. The van der Waals surface area contributed by atoms with E-state index in [-0.39, 0.29) is 6.61 Å². The SMILES string of the molecule is CCCCCCC/C=C/CC/C=C/C(O)C(COC1OC(CO)C(O)C(O)C1O)NC(=O)C(O)CCCCCCCCCCCCCCC/C=C\CCCCCCCCCCCCCC. The van der Waals surface area contributed by atoms with Crippen LogP contribution < -0.4 is 5.32 Å². The summed E-state index contributed by atoms with van der Waals surface area (Å²) in [6, 6.07) is -0.995. The molecular weight excluding hydrogens is 819 g/mol. The number of amides is 1. The van der Waals surface area contributed by atoms with E-state index in [2.05, 4.69) is 43.5 Å². The van der Waals surface area contributed by atoms with Crippen molar-refractivity contribution >= 4 is 5.91 Å². The van der Waals surface area contributed by atoms with E-state index < -0.39 is 61.5 Å². The van der Waals surface area contributed by atoms with Crippen LogP contribution in [-0.2, 0) is 14.3 Å². The van der Waals surface area contributed by atoms with Crippen molar-refractivity contribution in [3.63, 3.8) is 0 Å². The van der Waals surface area contributed by atoms with Gasteiger partial charge in [-0.2, -0.15) is 0 Å². The van der Waals surface area contributed by atoms with E-state index in [0.717, 1.165) is 32.1 Å². The Labute approximate surface area is 398 Å². The number of aliphatic hydroxyl groups excluding tert-OH is 6. The first-order chi connectivity index (χ1) is 31.8. The number of unbranched alkanes of at least 4 members (excludes halogenated alkanes) is 31. The van der Waals surface area contributed by atoms with E-state index in [0.29, 0.717) is 19.3 Å². The third-order valence-electron chi connectivity index (χ3n) is 13.0. The molecule has 8 atom stereocenters. The van der Waals surface area contributed by atoms with Gasteiger partial charge in [-0.05, 0) is 57.8 Å². The maximum absolute atomic E-state index is 13.1. The molecule has 382 valence electrons. The van der Waals surface area contributed by atoms with Crippen molar-refractivity contribution in [2.45, 2.75) is 294 Å². The topological polar surface area (TPSA) is 169 Å². The Kier molecular flexibility index (Phi) is 42.4. The van der Waals surface area contributed by atoms with Crippen molar-refractivity contribution in [1.29, 1.82) is 0 Å². The fourth-order valence-electron chi connectivity index (χ4n) is 8.59. The van der Waals surface area contributed by atoms with Crippen LogP contribution in [0.2, 0.25) is 0 Å². The van der Waals surface area contributed by atoms with Gasteiger partial charge in [-0.1, -0.05) is 224 Å². The molecule has 7 N–H and O–H groups in total. The minimum atomic E-state index is -1.61. The fourth-order valence-corrected chi connectivity index (χ4v) is 8.59. The van der Waals surface area contributed by atoms with Crippen LogP contribution in [0.25, 0.3) is 0 Å². The van der Waals surface area contributed by atoms with E-state index in [1.807, 2.05) is 6.08 Å². The summed E-state index contributed by atoms with van der Waals surface area (Å²) in [5, 5.41) is 64.7. The number of nitrogens with one attached hydrogen (secondary N) is 1. The van der Waals surface area contributed by atoms with Gasteiger partial charge < -0.3 is 45.4 Å². The predicted octanol–water partition coefficient (Wildman–Crippen LogP) is 11.8. The Morgan fingerprint density at radius 3 is 1.34 bits per heavy atom.